The number of amides is 1. The minimum absolute atomic E-state index is 0.147. The zero-order valence-electron chi connectivity index (χ0n) is 14.8. The Hall–Kier alpha value is -2.36. The lowest BCUT2D eigenvalue weighted by Crippen LogP contribution is -2.47. The van der Waals surface area contributed by atoms with Crippen LogP contribution in [0.3, 0.4) is 0 Å². The van der Waals surface area contributed by atoms with Crippen molar-refractivity contribution in [2.45, 2.75) is 31.8 Å². The molecular weight excluding hydrogens is 329 g/mol. The number of nitrogens with zero attached hydrogens (tertiary/aromatic N) is 1. The minimum atomic E-state index is -0.239. The van der Waals surface area contributed by atoms with E-state index in [0.29, 0.717) is 11.8 Å². The molecule has 3 atom stereocenters. The molecule has 2 aromatic rings. The number of halogens is 1. The monoisotopic (exact) mass is 353 g/mol. The molecule has 1 saturated carbocycles. The number of hydrogen-bond donors (Lipinski definition) is 0. The molecular formula is C22H24FNO2. The maximum absolute atomic E-state index is 13.0. The summed E-state index contributed by atoms with van der Waals surface area (Å²) >= 11 is 0. The van der Waals surface area contributed by atoms with Gasteiger partial charge < -0.3 is 9.64 Å². The average Bonchev–Trinajstić information content (AvgIpc) is 2.69. The van der Waals surface area contributed by atoms with Gasteiger partial charge in [0.25, 0.3) is 5.91 Å². The molecule has 0 aromatic heterocycles. The van der Waals surface area contributed by atoms with Crippen molar-refractivity contribution in [1.82, 2.24) is 4.90 Å². The van der Waals surface area contributed by atoms with E-state index in [1.165, 1.54) is 12.1 Å². The van der Waals surface area contributed by atoms with Crippen molar-refractivity contribution >= 4 is 5.91 Å². The van der Waals surface area contributed by atoms with Crippen LogP contribution >= 0.6 is 0 Å². The van der Waals surface area contributed by atoms with Gasteiger partial charge in [0.05, 0.1) is 6.10 Å². The SMILES string of the molecule is O=C(c1ccccc1)N1CCC2CC(Oc3ccc(F)cc3)CCC2C1. The van der Waals surface area contributed by atoms with E-state index in [1.54, 1.807) is 12.1 Å². The van der Waals surface area contributed by atoms with Gasteiger partial charge in [0.2, 0.25) is 0 Å². The number of carbonyl (C=O) groups is 1. The van der Waals surface area contributed by atoms with Crippen LogP contribution in [0, 0.1) is 17.7 Å². The third kappa shape index (κ3) is 3.74. The first-order valence-electron chi connectivity index (χ1n) is 9.45. The largest absolute Gasteiger partial charge is 0.490 e. The zero-order valence-corrected chi connectivity index (χ0v) is 14.8. The van der Waals surface area contributed by atoms with Crippen LogP contribution in [0.2, 0.25) is 0 Å². The molecule has 1 saturated heterocycles. The molecule has 1 heterocycles. The van der Waals surface area contributed by atoms with E-state index in [9.17, 15) is 9.18 Å². The van der Waals surface area contributed by atoms with E-state index in [4.69, 9.17) is 4.74 Å². The number of carbonyl (C=O) groups excluding carboxylic acids is 1. The van der Waals surface area contributed by atoms with Gasteiger partial charge in [-0.25, -0.2) is 4.39 Å². The number of fused-ring (bicyclic) bond motifs is 1. The number of rotatable bonds is 3. The molecule has 2 aliphatic rings. The van der Waals surface area contributed by atoms with Gasteiger partial charge in [-0.05, 0) is 73.9 Å². The second-order valence-corrected chi connectivity index (χ2v) is 7.43. The summed E-state index contributed by atoms with van der Waals surface area (Å²) in [5.74, 6) is 1.82. The Labute approximate surface area is 153 Å². The van der Waals surface area contributed by atoms with Crippen molar-refractivity contribution in [1.29, 1.82) is 0 Å². The predicted octanol–water partition coefficient (Wildman–Crippen LogP) is 4.54. The maximum atomic E-state index is 13.0. The molecule has 3 nitrogen and oxygen atoms in total. The lowest BCUT2D eigenvalue weighted by Gasteiger charge is -2.43. The molecule has 4 heteroatoms. The van der Waals surface area contributed by atoms with Gasteiger partial charge in [0, 0.05) is 18.7 Å². The van der Waals surface area contributed by atoms with Crippen molar-refractivity contribution < 1.29 is 13.9 Å². The maximum Gasteiger partial charge on any atom is 0.253 e. The summed E-state index contributed by atoms with van der Waals surface area (Å²) in [6.07, 6.45) is 4.32. The Morgan fingerprint density at radius 3 is 2.50 bits per heavy atom. The Balaban J connectivity index is 1.34. The van der Waals surface area contributed by atoms with Crippen LogP contribution in [0.15, 0.2) is 54.6 Å². The second kappa shape index (κ2) is 7.48. The fourth-order valence-electron chi connectivity index (χ4n) is 4.33. The molecule has 0 N–H and O–H groups in total. The van der Waals surface area contributed by atoms with Crippen molar-refractivity contribution in [3.8, 4) is 5.75 Å². The van der Waals surface area contributed by atoms with Gasteiger partial charge in [0.1, 0.15) is 11.6 Å². The first-order chi connectivity index (χ1) is 12.7. The van der Waals surface area contributed by atoms with E-state index in [-0.39, 0.29) is 17.8 Å². The number of hydrogen-bond acceptors (Lipinski definition) is 2. The lowest BCUT2D eigenvalue weighted by atomic mass is 9.74. The molecule has 26 heavy (non-hydrogen) atoms. The molecule has 0 bridgehead atoms. The first-order valence-corrected chi connectivity index (χ1v) is 9.45. The van der Waals surface area contributed by atoms with Gasteiger partial charge >= 0.3 is 0 Å². The fraction of sp³-hybridized carbons (Fsp3) is 0.409. The minimum Gasteiger partial charge on any atom is -0.490 e. The van der Waals surface area contributed by atoms with Gasteiger partial charge in [0.15, 0.2) is 0 Å². The molecule has 2 fully saturated rings. The van der Waals surface area contributed by atoms with E-state index >= 15 is 0 Å². The number of likely N-dealkylation sites (tertiary alicyclic amines) is 1. The van der Waals surface area contributed by atoms with E-state index in [2.05, 4.69) is 0 Å². The quantitative estimate of drug-likeness (QED) is 0.811. The van der Waals surface area contributed by atoms with E-state index in [1.807, 2.05) is 35.2 Å². The van der Waals surface area contributed by atoms with Crippen LogP contribution < -0.4 is 4.74 Å². The average molecular weight is 353 g/mol. The van der Waals surface area contributed by atoms with Crippen LogP contribution in [-0.2, 0) is 0 Å². The Kier molecular flexibility index (Phi) is 4.91. The standard InChI is InChI=1S/C22H24FNO2/c23-19-7-10-20(11-8-19)26-21-9-6-18-15-24(13-12-17(18)14-21)22(25)16-4-2-1-3-5-16/h1-5,7-8,10-11,17-18,21H,6,9,12-15H2. The lowest BCUT2D eigenvalue weighted by molar-refractivity contribution is 0.0274. The fourth-order valence-corrected chi connectivity index (χ4v) is 4.33. The summed E-state index contributed by atoms with van der Waals surface area (Å²) < 4.78 is 19.1. The van der Waals surface area contributed by atoms with E-state index in [0.717, 1.165) is 50.1 Å². The van der Waals surface area contributed by atoms with Crippen molar-refractivity contribution in [2.75, 3.05) is 13.1 Å². The zero-order chi connectivity index (χ0) is 17.9. The normalized spacial score (nSPS) is 25.4. The molecule has 1 aliphatic heterocycles. The van der Waals surface area contributed by atoms with Crippen LogP contribution in [-0.4, -0.2) is 30.0 Å². The highest BCUT2D eigenvalue weighted by molar-refractivity contribution is 5.94. The van der Waals surface area contributed by atoms with E-state index < -0.39 is 0 Å². The van der Waals surface area contributed by atoms with Crippen molar-refractivity contribution in [3.63, 3.8) is 0 Å². The van der Waals surface area contributed by atoms with Crippen LogP contribution in [0.25, 0.3) is 0 Å². The molecule has 2 aromatic carbocycles. The molecule has 1 aliphatic carbocycles. The van der Waals surface area contributed by atoms with Crippen molar-refractivity contribution in [2.24, 2.45) is 11.8 Å². The molecule has 0 radical (unpaired) electrons. The highest BCUT2D eigenvalue weighted by atomic mass is 19.1. The molecule has 4 rings (SSSR count). The summed E-state index contributed by atoms with van der Waals surface area (Å²) in [4.78, 5) is 14.7. The summed E-state index contributed by atoms with van der Waals surface area (Å²) in [6, 6.07) is 15.8. The Morgan fingerprint density at radius 2 is 1.73 bits per heavy atom. The Bertz CT molecular complexity index is 746. The predicted molar refractivity (Wildman–Crippen MR) is 98.6 cm³/mol. The van der Waals surface area contributed by atoms with Gasteiger partial charge in [-0.15, -0.1) is 0 Å². The van der Waals surface area contributed by atoms with Gasteiger partial charge in [-0.2, -0.15) is 0 Å². The highest BCUT2D eigenvalue weighted by Gasteiger charge is 2.37. The number of piperidine rings is 1. The van der Waals surface area contributed by atoms with Gasteiger partial charge in [-0.1, -0.05) is 18.2 Å². The Morgan fingerprint density at radius 1 is 0.962 bits per heavy atom. The molecule has 136 valence electrons. The smallest absolute Gasteiger partial charge is 0.253 e. The summed E-state index contributed by atoms with van der Waals surface area (Å²) in [7, 11) is 0. The summed E-state index contributed by atoms with van der Waals surface area (Å²) in [5.41, 5.74) is 0.777. The third-order valence-corrected chi connectivity index (χ3v) is 5.74. The summed E-state index contributed by atoms with van der Waals surface area (Å²) in [5, 5.41) is 0. The van der Waals surface area contributed by atoms with Crippen LogP contribution in [0.5, 0.6) is 5.75 Å². The second-order valence-electron chi connectivity index (χ2n) is 7.43. The van der Waals surface area contributed by atoms with Crippen LogP contribution in [0.4, 0.5) is 4.39 Å². The molecule has 0 spiro atoms. The number of ether oxygens (including phenoxy) is 1. The topological polar surface area (TPSA) is 29.5 Å². The van der Waals surface area contributed by atoms with Gasteiger partial charge in [-0.3, -0.25) is 4.79 Å². The van der Waals surface area contributed by atoms with Crippen LogP contribution in [0.1, 0.15) is 36.0 Å². The van der Waals surface area contributed by atoms with Crippen molar-refractivity contribution in [3.05, 3.63) is 66.0 Å². The molecule has 1 amide bonds. The number of benzene rings is 2. The summed E-state index contributed by atoms with van der Waals surface area (Å²) in [6.45, 7) is 1.67. The third-order valence-electron chi connectivity index (χ3n) is 5.74. The highest BCUT2D eigenvalue weighted by Crippen LogP contribution is 2.38. The molecule has 3 unspecified atom stereocenters. The first kappa shape index (κ1) is 17.1.